The fourth-order valence-electron chi connectivity index (χ4n) is 4.34. The lowest BCUT2D eigenvalue weighted by Crippen LogP contribution is -2.31. The second-order valence-electron chi connectivity index (χ2n) is 10.3. The molecule has 0 atom stereocenters. The summed E-state index contributed by atoms with van der Waals surface area (Å²) in [6.07, 6.45) is 0. The third-order valence-electron chi connectivity index (χ3n) is 6.77. The highest BCUT2D eigenvalue weighted by molar-refractivity contribution is 8.08. The Kier molecular flexibility index (Phi) is 14.4. The molecule has 0 fully saturated rings. The molecule has 0 aromatic heterocycles. The van der Waals surface area contributed by atoms with Gasteiger partial charge in [0, 0.05) is 35.0 Å². The van der Waals surface area contributed by atoms with Gasteiger partial charge in [-0.25, -0.2) is 4.90 Å². The summed E-state index contributed by atoms with van der Waals surface area (Å²) in [6, 6.07) is 20.1. The van der Waals surface area contributed by atoms with E-state index >= 15 is 0 Å². The maximum Gasteiger partial charge on any atom is 0.273 e. The first kappa shape index (κ1) is 37.4. The van der Waals surface area contributed by atoms with Crippen molar-refractivity contribution in [3.05, 3.63) is 93.7 Å². The zero-order chi connectivity index (χ0) is 35.2. The van der Waals surface area contributed by atoms with E-state index in [0.29, 0.717) is 65.4 Å². The Morgan fingerprint density at radius 3 is 1.47 bits per heavy atom. The van der Waals surface area contributed by atoms with E-state index in [9.17, 15) is 24.0 Å². The van der Waals surface area contributed by atoms with Gasteiger partial charge < -0.3 is 29.6 Å². The molecule has 3 aromatic rings. The van der Waals surface area contributed by atoms with Crippen molar-refractivity contribution >= 4 is 58.6 Å². The van der Waals surface area contributed by atoms with Crippen molar-refractivity contribution in [1.82, 2.24) is 10.6 Å². The van der Waals surface area contributed by atoms with Crippen molar-refractivity contribution < 1.29 is 42.9 Å². The van der Waals surface area contributed by atoms with Gasteiger partial charge in [-0.05, 0) is 79.7 Å². The van der Waals surface area contributed by atoms with E-state index in [-0.39, 0.29) is 40.6 Å². The molecule has 0 bridgehead atoms. The average molecular weight is 708 g/mol. The number of hydrogen-bond donors (Lipinski definition) is 2. The molecule has 3 aromatic carbocycles. The molecule has 0 spiro atoms. The summed E-state index contributed by atoms with van der Waals surface area (Å²) in [5.41, 5.74) is 1.31. The Balaban J connectivity index is 1.39. The number of benzene rings is 3. The second-order valence-corrected chi connectivity index (χ2v) is 12.5. The monoisotopic (exact) mass is 707 g/mol. The topological polar surface area (TPSA) is 150 Å². The van der Waals surface area contributed by atoms with Crippen LogP contribution < -0.4 is 20.3 Å². The largest absolute Gasteiger partial charge is 0.491 e. The zero-order valence-electron chi connectivity index (χ0n) is 27.3. The summed E-state index contributed by atoms with van der Waals surface area (Å²) in [6.45, 7) is 3.61. The Morgan fingerprint density at radius 1 is 0.612 bits per heavy atom. The number of Topliss-reactive ketones (excluding diaryl/α,β-unsaturated/α-hetero) is 1. The first-order valence-corrected chi connectivity index (χ1v) is 16.9. The summed E-state index contributed by atoms with van der Waals surface area (Å²) in [7, 11) is 3.09. The molecule has 0 aliphatic carbocycles. The van der Waals surface area contributed by atoms with Crippen molar-refractivity contribution in [1.29, 1.82) is 0 Å². The summed E-state index contributed by atoms with van der Waals surface area (Å²) in [5.74, 6) is -0.932. The standard InChI is InChI=1S/C35H37N3O9S2/c1-23(39)22-46-19-18-44-16-17-45-20-21-47-27-10-8-26(9-11-27)38-34(42)30(48-28-12-4-24(5-13-28)32(40)36-2)31(35(38)43)49-29-14-6-25(7-15-29)33(41)37-3/h4-15H,16-22H2,1-3H3,(H,36,40)(H,37,41). The Bertz CT molecular complexity index is 1580. The van der Waals surface area contributed by atoms with Gasteiger partial charge in [-0.1, -0.05) is 23.5 Å². The van der Waals surface area contributed by atoms with Gasteiger partial charge in [0.15, 0.2) is 5.78 Å². The lowest BCUT2D eigenvalue weighted by molar-refractivity contribution is -0.122. The number of imide groups is 1. The quantitative estimate of drug-likeness (QED) is 0.137. The number of nitrogens with one attached hydrogen (secondary N) is 2. The summed E-state index contributed by atoms with van der Waals surface area (Å²) < 4.78 is 21.8. The Labute approximate surface area is 292 Å². The smallest absolute Gasteiger partial charge is 0.273 e. The van der Waals surface area contributed by atoms with E-state index in [2.05, 4.69) is 10.6 Å². The van der Waals surface area contributed by atoms with Gasteiger partial charge in [0.2, 0.25) is 0 Å². The van der Waals surface area contributed by atoms with Gasteiger partial charge in [0.25, 0.3) is 23.6 Å². The normalized spacial score (nSPS) is 12.8. The van der Waals surface area contributed by atoms with Crippen LogP contribution in [0.2, 0.25) is 0 Å². The first-order chi connectivity index (χ1) is 23.7. The molecule has 49 heavy (non-hydrogen) atoms. The molecular weight excluding hydrogens is 671 g/mol. The van der Waals surface area contributed by atoms with E-state index in [1.165, 1.54) is 6.92 Å². The molecule has 0 radical (unpaired) electrons. The van der Waals surface area contributed by atoms with Crippen LogP contribution in [0.15, 0.2) is 92.4 Å². The first-order valence-electron chi connectivity index (χ1n) is 15.3. The van der Waals surface area contributed by atoms with Crippen LogP contribution in [-0.2, 0) is 28.6 Å². The van der Waals surface area contributed by atoms with Gasteiger partial charge >= 0.3 is 0 Å². The number of rotatable bonds is 19. The predicted octanol–water partition coefficient (Wildman–Crippen LogP) is 4.09. The maximum atomic E-state index is 13.8. The van der Waals surface area contributed by atoms with Gasteiger partial charge in [0.1, 0.15) is 19.0 Å². The molecule has 1 heterocycles. The van der Waals surface area contributed by atoms with E-state index in [4.69, 9.17) is 18.9 Å². The van der Waals surface area contributed by atoms with Crippen molar-refractivity contribution in [3.63, 3.8) is 0 Å². The molecule has 4 amide bonds. The number of ether oxygens (including phenoxy) is 4. The number of carbonyl (C=O) groups excluding carboxylic acids is 5. The lowest BCUT2D eigenvalue weighted by atomic mass is 10.2. The fourth-order valence-corrected chi connectivity index (χ4v) is 6.33. The van der Waals surface area contributed by atoms with Gasteiger partial charge in [-0.2, -0.15) is 0 Å². The SMILES string of the molecule is CNC(=O)c1ccc(SC2=C(Sc3ccc(C(=O)NC)cc3)C(=O)N(c3ccc(OCCOCCOCCOCC(C)=O)cc3)C2=O)cc1. The highest BCUT2D eigenvalue weighted by Gasteiger charge is 2.40. The minimum Gasteiger partial charge on any atom is -0.491 e. The number of hydrogen-bond acceptors (Lipinski definition) is 11. The number of carbonyl (C=O) groups is 5. The molecule has 1 aliphatic rings. The van der Waals surface area contributed by atoms with Crippen molar-refractivity contribution in [2.75, 3.05) is 65.2 Å². The molecule has 1 aliphatic heterocycles. The third kappa shape index (κ3) is 10.8. The van der Waals surface area contributed by atoms with Gasteiger partial charge in [0.05, 0.1) is 48.5 Å². The molecule has 4 rings (SSSR count). The van der Waals surface area contributed by atoms with Crippen LogP contribution in [0.5, 0.6) is 5.75 Å². The molecule has 0 unspecified atom stereocenters. The second kappa shape index (κ2) is 18.9. The molecular formula is C35H37N3O9S2. The van der Waals surface area contributed by atoms with Gasteiger partial charge in [-0.15, -0.1) is 0 Å². The molecule has 2 N–H and O–H groups in total. The highest BCUT2D eigenvalue weighted by Crippen LogP contribution is 2.44. The number of thioether (sulfide) groups is 2. The number of nitrogens with zero attached hydrogens (tertiary/aromatic N) is 1. The van der Waals surface area contributed by atoms with Crippen molar-refractivity contribution in [2.45, 2.75) is 16.7 Å². The molecule has 0 saturated carbocycles. The Hall–Kier alpha value is -4.47. The van der Waals surface area contributed by atoms with Crippen LogP contribution in [0.3, 0.4) is 0 Å². The van der Waals surface area contributed by atoms with E-state index in [0.717, 1.165) is 28.4 Å². The molecule has 0 saturated heterocycles. The Morgan fingerprint density at radius 2 is 1.04 bits per heavy atom. The predicted molar refractivity (Wildman–Crippen MR) is 186 cm³/mol. The number of amides is 4. The molecule has 12 nitrogen and oxygen atoms in total. The van der Waals surface area contributed by atoms with E-state index in [1.807, 2.05) is 0 Å². The summed E-state index contributed by atoms with van der Waals surface area (Å²) >= 11 is 2.28. The van der Waals surface area contributed by atoms with Crippen LogP contribution in [0.1, 0.15) is 27.6 Å². The summed E-state index contributed by atoms with van der Waals surface area (Å²) in [5, 5.41) is 5.15. The molecule has 14 heteroatoms. The van der Waals surface area contributed by atoms with Crippen LogP contribution in [-0.4, -0.2) is 89.8 Å². The van der Waals surface area contributed by atoms with E-state index in [1.54, 1.807) is 86.9 Å². The minimum atomic E-state index is -0.482. The maximum absolute atomic E-state index is 13.8. The van der Waals surface area contributed by atoms with Crippen LogP contribution in [0.4, 0.5) is 5.69 Å². The number of ketones is 1. The highest BCUT2D eigenvalue weighted by atomic mass is 32.2. The van der Waals surface area contributed by atoms with Gasteiger partial charge in [-0.3, -0.25) is 24.0 Å². The number of anilines is 1. The zero-order valence-corrected chi connectivity index (χ0v) is 28.9. The molecule has 258 valence electrons. The lowest BCUT2D eigenvalue weighted by Gasteiger charge is -2.16. The van der Waals surface area contributed by atoms with Crippen molar-refractivity contribution in [2.24, 2.45) is 0 Å². The van der Waals surface area contributed by atoms with Crippen LogP contribution >= 0.6 is 23.5 Å². The third-order valence-corrected chi connectivity index (χ3v) is 9.08. The van der Waals surface area contributed by atoms with Crippen molar-refractivity contribution in [3.8, 4) is 5.75 Å². The summed E-state index contributed by atoms with van der Waals surface area (Å²) in [4.78, 5) is 65.4. The van der Waals surface area contributed by atoms with E-state index < -0.39 is 11.8 Å². The minimum absolute atomic E-state index is 0.0345. The van der Waals surface area contributed by atoms with Crippen LogP contribution in [0.25, 0.3) is 0 Å². The van der Waals surface area contributed by atoms with Crippen LogP contribution in [0, 0.1) is 0 Å². The average Bonchev–Trinajstić information content (AvgIpc) is 3.34. The fraction of sp³-hybridized carbons (Fsp3) is 0.286.